The molecule has 3 rings (SSSR count). The van der Waals surface area contributed by atoms with Gasteiger partial charge in [-0.15, -0.1) is 0 Å². The van der Waals surface area contributed by atoms with Crippen LogP contribution in [-0.2, 0) is 19.8 Å². The molecule has 176 valence electrons. The Hall–Kier alpha value is -2.79. The molecule has 0 atom stereocenters. The van der Waals surface area contributed by atoms with E-state index in [-0.39, 0.29) is 16.9 Å². The Labute approximate surface area is 197 Å². The van der Waals surface area contributed by atoms with Crippen LogP contribution in [0.1, 0.15) is 87.7 Å². The number of oxime groups is 1. The standard InChI is InChI=1S/C28H35NO4/c1-5-16-28(17-6-2)24-12-9-8-11-22(24)23-15-14-21(19-25(23)28)27(31)26(29-33-20(4)30)13-10-18-32-7-3/h8-9,11-12,14-15,19H,5-7,10,13,16-18H2,1-4H3/b29-26+. The zero-order chi connectivity index (χ0) is 23.8. The molecule has 0 spiro atoms. The van der Waals surface area contributed by atoms with Crippen LogP contribution in [0.2, 0.25) is 0 Å². The number of rotatable bonds is 12. The van der Waals surface area contributed by atoms with Crippen LogP contribution in [0.3, 0.4) is 0 Å². The highest BCUT2D eigenvalue weighted by atomic mass is 16.7. The summed E-state index contributed by atoms with van der Waals surface area (Å²) < 4.78 is 5.40. The Morgan fingerprint density at radius 2 is 1.64 bits per heavy atom. The van der Waals surface area contributed by atoms with E-state index in [1.54, 1.807) is 0 Å². The molecule has 0 aromatic heterocycles. The monoisotopic (exact) mass is 449 g/mol. The average molecular weight is 450 g/mol. The van der Waals surface area contributed by atoms with Gasteiger partial charge < -0.3 is 9.57 Å². The quantitative estimate of drug-likeness (QED) is 0.122. The number of carbonyl (C=O) groups is 2. The Balaban J connectivity index is 2.02. The highest BCUT2D eigenvalue weighted by Crippen LogP contribution is 2.53. The van der Waals surface area contributed by atoms with Crippen LogP contribution in [0.25, 0.3) is 11.1 Å². The maximum absolute atomic E-state index is 13.5. The number of ether oxygens (including phenoxy) is 1. The van der Waals surface area contributed by atoms with Gasteiger partial charge in [-0.3, -0.25) is 4.79 Å². The molecule has 5 nitrogen and oxygen atoms in total. The molecule has 5 heteroatoms. The Kier molecular flexibility index (Phi) is 8.56. The van der Waals surface area contributed by atoms with Gasteiger partial charge in [0.1, 0.15) is 5.71 Å². The summed E-state index contributed by atoms with van der Waals surface area (Å²) in [6.07, 6.45) is 5.20. The number of ketones is 1. The zero-order valence-electron chi connectivity index (χ0n) is 20.3. The van der Waals surface area contributed by atoms with Crippen molar-refractivity contribution in [1.29, 1.82) is 0 Å². The molecule has 0 unspecified atom stereocenters. The van der Waals surface area contributed by atoms with E-state index in [0.29, 0.717) is 31.6 Å². The predicted octanol–water partition coefficient (Wildman–Crippen LogP) is 6.47. The summed E-state index contributed by atoms with van der Waals surface area (Å²) >= 11 is 0. The van der Waals surface area contributed by atoms with Crippen molar-refractivity contribution >= 4 is 17.5 Å². The first-order valence-corrected chi connectivity index (χ1v) is 12.1. The van der Waals surface area contributed by atoms with E-state index in [1.807, 2.05) is 13.0 Å². The van der Waals surface area contributed by atoms with Crippen LogP contribution in [0.5, 0.6) is 0 Å². The van der Waals surface area contributed by atoms with Crippen molar-refractivity contribution in [3.05, 3.63) is 59.2 Å². The highest BCUT2D eigenvalue weighted by molar-refractivity contribution is 6.46. The Bertz CT molecular complexity index is 1020. The van der Waals surface area contributed by atoms with E-state index in [4.69, 9.17) is 9.57 Å². The second-order valence-corrected chi connectivity index (χ2v) is 8.64. The molecule has 0 saturated heterocycles. The maximum Gasteiger partial charge on any atom is 0.331 e. The van der Waals surface area contributed by atoms with Gasteiger partial charge in [-0.2, -0.15) is 0 Å². The third-order valence-electron chi connectivity index (χ3n) is 6.34. The van der Waals surface area contributed by atoms with Gasteiger partial charge in [-0.25, -0.2) is 4.79 Å². The summed E-state index contributed by atoms with van der Waals surface area (Å²) in [5.74, 6) is -0.743. The van der Waals surface area contributed by atoms with Crippen LogP contribution >= 0.6 is 0 Å². The topological polar surface area (TPSA) is 65.0 Å². The number of benzene rings is 2. The minimum atomic E-state index is -0.542. The van der Waals surface area contributed by atoms with Crippen LogP contribution in [-0.4, -0.2) is 30.7 Å². The molecule has 0 heterocycles. The summed E-state index contributed by atoms with van der Waals surface area (Å²) in [4.78, 5) is 29.6. The van der Waals surface area contributed by atoms with Gasteiger partial charge in [-0.05, 0) is 60.9 Å². The molecule has 0 radical (unpaired) electrons. The molecule has 1 aliphatic rings. The van der Waals surface area contributed by atoms with Crippen molar-refractivity contribution in [1.82, 2.24) is 0 Å². The average Bonchev–Trinajstić information content (AvgIpc) is 3.08. The molecule has 0 bridgehead atoms. The van der Waals surface area contributed by atoms with E-state index in [0.717, 1.165) is 25.7 Å². The van der Waals surface area contributed by atoms with Gasteiger partial charge in [0.15, 0.2) is 0 Å². The number of Topliss-reactive ketones (excluding diaryl/α,β-unsaturated/α-hetero) is 1. The normalized spacial score (nSPS) is 14.0. The SMILES string of the molecule is CCCC1(CCC)c2ccccc2-c2ccc(C(=O)/C(CCCOCC)=N/OC(C)=O)cc21. The zero-order valence-corrected chi connectivity index (χ0v) is 20.3. The van der Waals surface area contributed by atoms with Crippen molar-refractivity contribution in [2.45, 2.75) is 71.6 Å². The van der Waals surface area contributed by atoms with Crippen LogP contribution in [0, 0.1) is 0 Å². The second-order valence-electron chi connectivity index (χ2n) is 8.64. The van der Waals surface area contributed by atoms with Gasteiger partial charge >= 0.3 is 5.97 Å². The Morgan fingerprint density at radius 1 is 0.939 bits per heavy atom. The van der Waals surface area contributed by atoms with Gasteiger partial charge in [0, 0.05) is 31.1 Å². The first-order valence-electron chi connectivity index (χ1n) is 12.1. The molecular weight excluding hydrogens is 414 g/mol. The number of fused-ring (bicyclic) bond motifs is 3. The van der Waals surface area contributed by atoms with Crippen molar-refractivity contribution in [2.75, 3.05) is 13.2 Å². The van der Waals surface area contributed by atoms with Crippen molar-refractivity contribution in [3.8, 4) is 11.1 Å². The van der Waals surface area contributed by atoms with E-state index < -0.39 is 5.97 Å². The van der Waals surface area contributed by atoms with Gasteiger partial charge in [0.25, 0.3) is 0 Å². The minimum absolute atomic E-state index is 0.0894. The van der Waals surface area contributed by atoms with Crippen LogP contribution < -0.4 is 0 Å². The van der Waals surface area contributed by atoms with Crippen LogP contribution in [0.15, 0.2) is 47.6 Å². The highest BCUT2D eigenvalue weighted by Gasteiger charge is 2.41. The number of nitrogens with zero attached hydrogens (tertiary/aromatic N) is 1. The summed E-state index contributed by atoms with van der Waals surface area (Å²) in [6, 6.07) is 14.6. The van der Waals surface area contributed by atoms with Crippen molar-refractivity contribution in [3.63, 3.8) is 0 Å². The molecule has 0 amide bonds. The lowest BCUT2D eigenvalue weighted by Gasteiger charge is -2.32. The third-order valence-corrected chi connectivity index (χ3v) is 6.34. The van der Waals surface area contributed by atoms with Crippen molar-refractivity contribution < 1.29 is 19.2 Å². The minimum Gasteiger partial charge on any atom is -0.382 e. The second kappa shape index (κ2) is 11.4. The number of hydrogen-bond acceptors (Lipinski definition) is 5. The fourth-order valence-electron chi connectivity index (χ4n) is 5.09. The van der Waals surface area contributed by atoms with E-state index in [1.165, 1.54) is 29.2 Å². The lowest BCUT2D eigenvalue weighted by molar-refractivity contribution is -0.140. The summed E-state index contributed by atoms with van der Waals surface area (Å²) in [7, 11) is 0. The molecule has 0 N–H and O–H groups in total. The van der Waals surface area contributed by atoms with Gasteiger partial charge in [0.2, 0.25) is 5.78 Å². The first-order chi connectivity index (χ1) is 16.0. The summed E-state index contributed by atoms with van der Waals surface area (Å²) in [5, 5.41) is 3.90. The molecule has 0 aliphatic heterocycles. The third kappa shape index (κ3) is 5.25. The lowest BCUT2D eigenvalue weighted by atomic mass is 9.71. The fraction of sp³-hybridized carbons (Fsp3) is 0.464. The van der Waals surface area contributed by atoms with E-state index in [2.05, 4.69) is 55.4 Å². The molecule has 1 aliphatic carbocycles. The summed E-state index contributed by atoms with van der Waals surface area (Å²) in [5.41, 5.74) is 5.79. The van der Waals surface area contributed by atoms with E-state index in [9.17, 15) is 9.59 Å². The summed E-state index contributed by atoms with van der Waals surface area (Å²) in [6.45, 7) is 8.79. The number of carbonyl (C=O) groups excluding carboxylic acids is 2. The molecule has 2 aromatic rings. The first kappa shape index (κ1) is 24.8. The molecule has 33 heavy (non-hydrogen) atoms. The fourth-order valence-corrected chi connectivity index (χ4v) is 5.09. The predicted molar refractivity (Wildman–Crippen MR) is 132 cm³/mol. The Morgan fingerprint density at radius 3 is 2.30 bits per heavy atom. The largest absolute Gasteiger partial charge is 0.382 e. The molecular formula is C28H35NO4. The van der Waals surface area contributed by atoms with Gasteiger partial charge in [0.05, 0.1) is 0 Å². The van der Waals surface area contributed by atoms with Crippen molar-refractivity contribution in [2.24, 2.45) is 5.16 Å². The smallest absolute Gasteiger partial charge is 0.331 e. The maximum atomic E-state index is 13.5. The molecule has 2 aromatic carbocycles. The van der Waals surface area contributed by atoms with E-state index >= 15 is 0 Å². The van der Waals surface area contributed by atoms with Gasteiger partial charge in [-0.1, -0.05) is 68.2 Å². The number of hydrogen-bond donors (Lipinski definition) is 0. The molecule has 0 fully saturated rings. The molecule has 0 saturated carbocycles. The van der Waals surface area contributed by atoms with Crippen LogP contribution in [0.4, 0.5) is 0 Å². The lowest BCUT2D eigenvalue weighted by Crippen LogP contribution is -2.25.